The molecule has 0 bridgehead atoms. The second kappa shape index (κ2) is 12.9. The van der Waals surface area contributed by atoms with Gasteiger partial charge in [0.1, 0.15) is 0 Å². The van der Waals surface area contributed by atoms with Gasteiger partial charge >= 0.3 is 5.97 Å². The Kier molecular flexibility index (Phi) is 9.41. The summed E-state index contributed by atoms with van der Waals surface area (Å²) in [6, 6.07) is 10.1. The molecule has 10 nitrogen and oxygen atoms in total. The number of carboxylic acid groups (broad SMARTS) is 1. The van der Waals surface area contributed by atoms with Gasteiger partial charge in [-0.15, -0.1) is 0 Å². The summed E-state index contributed by atoms with van der Waals surface area (Å²) in [4.78, 5) is 42.3. The Labute approximate surface area is 222 Å². The number of aromatic nitrogens is 1. The number of aryl methyl sites for hydroxylation is 1. The highest BCUT2D eigenvalue weighted by Gasteiger charge is 2.47. The molecule has 206 valence electrons. The Morgan fingerprint density at radius 3 is 2.66 bits per heavy atom. The number of nitrogens with zero attached hydrogens (tertiary/aromatic N) is 3. The van der Waals surface area contributed by atoms with Gasteiger partial charge in [0, 0.05) is 50.4 Å². The maximum atomic E-state index is 13.5. The van der Waals surface area contributed by atoms with Crippen molar-refractivity contribution in [1.29, 1.82) is 0 Å². The molecule has 1 aromatic carbocycles. The number of nitrogens with two attached hydrogens (primary N) is 1. The number of hydrogen-bond donors (Lipinski definition) is 2. The lowest BCUT2D eigenvalue weighted by atomic mass is 9.84. The smallest absolute Gasteiger partial charge is 0.308 e. The Hall–Kier alpha value is -3.37. The third-order valence-electron chi connectivity index (χ3n) is 7.53. The summed E-state index contributed by atoms with van der Waals surface area (Å²) in [5, 5.41) is 10.4. The van der Waals surface area contributed by atoms with Gasteiger partial charge < -0.3 is 29.8 Å². The summed E-state index contributed by atoms with van der Waals surface area (Å²) >= 11 is 0. The molecule has 2 aromatic rings. The molecular weight excluding hydrogens is 488 g/mol. The zero-order valence-electron chi connectivity index (χ0n) is 22.0. The summed E-state index contributed by atoms with van der Waals surface area (Å²) in [6.45, 7) is 4.85. The Bertz CT molecular complexity index is 1160. The van der Waals surface area contributed by atoms with Gasteiger partial charge in [0.25, 0.3) is 0 Å². The van der Waals surface area contributed by atoms with Crippen LogP contribution in [-0.4, -0.2) is 76.9 Å². The first-order chi connectivity index (χ1) is 18.4. The Morgan fingerprint density at radius 1 is 1.13 bits per heavy atom. The van der Waals surface area contributed by atoms with E-state index in [1.807, 2.05) is 28.0 Å². The van der Waals surface area contributed by atoms with Gasteiger partial charge in [-0.25, -0.2) is 0 Å². The van der Waals surface area contributed by atoms with Crippen LogP contribution in [0.3, 0.4) is 0 Å². The predicted molar refractivity (Wildman–Crippen MR) is 142 cm³/mol. The van der Waals surface area contributed by atoms with Crippen molar-refractivity contribution in [3.8, 4) is 11.5 Å². The number of ether oxygens (including phenoxy) is 2. The fraction of sp³-hybridized carbons (Fsp3) is 0.536. The van der Waals surface area contributed by atoms with Gasteiger partial charge in [0.2, 0.25) is 18.3 Å². The van der Waals surface area contributed by atoms with Crippen molar-refractivity contribution in [3.63, 3.8) is 0 Å². The normalized spacial score (nSPS) is 20.5. The van der Waals surface area contributed by atoms with Crippen molar-refractivity contribution in [1.82, 2.24) is 14.4 Å². The number of carbonyl (C=O) groups is 2. The molecule has 0 spiro atoms. The van der Waals surface area contributed by atoms with E-state index in [-0.39, 0.29) is 30.7 Å². The molecule has 2 aliphatic heterocycles. The second-order valence-corrected chi connectivity index (χ2v) is 9.98. The van der Waals surface area contributed by atoms with Crippen LogP contribution in [-0.2, 0) is 16.1 Å². The number of carboxylic acids is 1. The van der Waals surface area contributed by atoms with E-state index in [0.29, 0.717) is 57.1 Å². The molecule has 3 N–H and O–H groups in total. The lowest BCUT2D eigenvalue weighted by molar-refractivity contribution is -0.144. The van der Waals surface area contributed by atoms with Crippen LogP contribution in [0.25, 0.3) is 0 Å². The van der Waals surface area contributed by atoms with Gasteiger partial charge in [0.15, 0.2) is 11.5 Å². The fourth-order valence-electron chi connectivity index (χ4n) is 5.52. The van der Waals surface area contributed by atoms with Gasteiger partial charge in [-0.2, -0.15) is 0 Å². The molecule has 0 unspecified atom stereocenters. The van der Waals surface area contributed by atoms with E-state index in [0.717, 1.165) is 18.4 Å². The molecule has 3 heterocycles. The standard InChI is InChI=1S/C28H38N4O6/c1-2-3-12-30(14-6-11-29)26(34)18-32-17-21(20-8-9-23-24(16-20)38-19-37-23)27(28(35)36)22(32)10-15-31-13-5-4-7-25(31)33/h4-5,7-9,13,16,21-22,27H,2-3,6,10-12,14-15,17-19,29H2,1H3,(H,35,36)/t21-,22+,27-/m1/s1. The van der Waals surface area contributed by atoms with Crippen molar-refractivity contribution < 1.29 is 24.2 Å². The predicted octanol–water partition coefficient (Wildman–Crippen LogP) is 2.11. The molecular formula is C28H38N4O6. The monoisotopic (exact) mass is 526 g/mol. The minimum atomic E-state index is -0.918. The van der Waals surface area contributed by atoms with E-state index in [1.165, 1.54) is 6.07 Å². The van der Waals surface area contributed by atoms with Crippen LogP contribution in [0.1, 0.15) is 44.1 Å². The lowest BCUT2D eigenvalue weighted by Crippen LogP contribution is -2.45. The van der Waals surface area contributed by atoms with Gasteiger partial charge in [-0.3, -0.25) is 19.3 Å². The number of aliphatic carboxylic acids is 1. The number of benzene rings is 1. The van der Waals surface area contributed by atoms with E-state index in [2.05, 4.69) is 6.92 Å². The highest BCUT2D eigenvalue weighted by Crippen LogP contribution is 2.42. The van der Waals surface area contributed by atoms with Crippen molar-refractivity contribution in [2.45, 2.75) is 51.1 Å². The summed E-state index contributed by atoms with van der Waals surface area (Å²) in [5.74, 6) is -0.808. The largest absolute Gasteiger partial charge is 0.481 e. The average molecular weight is 527 g/mol. The van der Waals surface area contributed by atoms with Gasteiger partial charge in [0.05, 0.1) is 12.5 Å². The van der Waals surface area contributed by atoms with E-state index >= 15 is 0 Å². The minimum absolute atomic E-state index is 0.0238. The number of amides is 1. The highest BCUT2D eigenvalue weighted by molar-refractivity contribution is 5.79. The highest BCUT2D eigenvalue weighted by atomic mass is 16.7. The maximum absolute atomic E-state index is 13.5. The fourth-order valence-corrected chi connectivity index (χ4v) is 5.52. The molecule has 10 heteroatoms. The number of pyridine rings is 1. The van der Waals surface area contributed by atoms with E-state index in [1.54, 1.807) is 22.9 Å². The molecule has 2 aliphatic rings. The first kappa shape index (κ1) is 27.7. The molecule has 1 aromatic heterocycles. The molecule has 1 fully saturated rings. The van der Waals surface area contributed by atoms with Crippen LogP contribution in [0, 0.1) is 5.92 Å². The molecule has 4 rings (SSSR count). The summed E-state index contributed by atoms with van der Waals surface area (Å²) in [5.41, 5.74) is 6.41. The molecule has 3 atom stereocenters. The minimum Gasteiger partial charge on any atom is -0.481 e. The molecule has 1 saturated heterocycles. The van der Waals surface area contributed by atoms with Gasteiger partial charge in [-0.1, -0.05) is 25.5 Å². The molecule has 0 aliphatic carbocycles. The zero-order chi connectivity index (χ0) is 27.1. The second-order valence-electron chi connectivity index (χ2n) is 9.98. The number of fused-ring (bicyclic) bond motifs is 1. The Morgan fingerprint density at radius 2 is 1.92 bits per heavy atom. The van der Waals surface area contributed by atoms with Crippen LogP contribution in [0.5, 0.6) is 11.5 Å². The maximum Gasteiger partial charge on any atom is 0.308 e. The zero-order valence-corrected chi connectivity index (χ0v) is 22.0. The summed E-state index contributed by atoms with van der Waals surface area (Å²) in [6.07, 6.45) is 4.71. The number of unbranched alkanes of at least 4 members (excludes halogenated alkanes) is 1. The van der Waals surface area contributed by atoms with Crippen LogP contribution < -0.4 is 20.8 Å². The van der Waals surface area contributed by atoms with Crippen LogP contribution in [0.15, 0.2) is 47.4 Å². The van der Waals surface area contributed by atoms with Crippen molar-refractivity contribution in [3.05, 3.63) is 58.5 Å². The SMILES string of the molecule is CCCCN(CCCN)C(=O)CN1C[C@H](c2ccc3c(c2)OCO3)[C@@H](C(=O)O)[C@@H]1CCn1ccccc1=O. The van der Waals surface area contributed by atoms with E-state index in [4.69, 9.17) is 15.2 Å². The summed E-state index contributed by atoms with van der Waals surface area (Å²) in [7, 11) is 0. The summed E-state index contributed by atoms with van der Waals surface area (Å²) < 4.78 is 12.6. The molecule has 38 heavy (non-hydrogen) atoms. The number of rotatable bonds is 13. The third-order valence-corrected chi connectivity index (χ3v) is 7.53. The van der Waals surface area contributed by atoms with Crippen molar-refractivity contribution in [2.75, 3.05) is 39.5 Å². The molecule has 0 saturated carbocycles. The van der Waals surface area contributed by atoms with Crippen LogP contribution in [0.4, 0.5) is 0 Å². The lowest BCUT2D eigenvalue weighted by Gasteiger charge is -2.30. The van der Waals surface area contributed by atoms with Gasteiger partial charge in [-0.05, 0) is 49.6 Å². The van der Waals surface area contributed by atoms with Crippen molar-refractivity contribution in [2.24, 2.45) is 11.7 Å². The Balaban J connectivity index is 1.61. The first-order valence-corrected chi connectivity index (χ1v) is 13.4. The third kappa shape index (κ3) is 6.36. The van der Waals surface area contributed by atoms with Crippen LogP contribution >= 0.6 is 0 Å². The average Bonchev–Trinajstić information content (AvgIpc) is 3.52. The topological polar surface area (TPSA) is 127 Å². The first-order valence-electron chi connectivity index (χ1n) is 13.4. The molecule has 1 amide bonds. The number of likely N-dealkylation sites (tertiary alicyclic amines) is 1. The van der Waals surface area contributed by atoms with E-state index in [9.17, 15) is 19.5 Å². The quantitative estimate of drug-likeness (QED) is 0.406. The van der Waals surface area contributed by atoms with E-state index < -0.39 is 17.9 Å². The number of hydrogen-bond acceptors (Lipinski definition) is 7. The molecule has 0 radical (unpaired) electrons. The number of carbonyl (C=O) groups excluding carboxylic acids is 1. The van der Waals surface area contributed by atoms with Crippen molar-refractivity contribution >= 4 is 11.9 Å². The van der Waals surface area contributed by atoms with Crippen LogP contribution in [0.2, 0.25) is 0 Å².